The molecule has 26 heavy (non-hydrogen) atoms. The molecule has 134 valence electrons. The molecule has 1 aliphatic heterocycles. The molecule has 0 saturated heterocycles. The summed E-state index contributed by atoms with van der Waals surface area (Å²) in [6.45, 7) is 3.64. The predicted octanol–water partition coefficient (Wildman–Crippen LogP) is 3.11. The van der Waals surface area contributed by atoms with Crippen LogP contribution in [-0.4, -0.2) is 19.2 Å². The van der Waals surface area contributed by atoms with E-state index < -0.39 is 11.9 Å². The van der Waals surface area contributed by atoms with Crippen molar-refractivity contribution >= 4 is 21.9 Å². The highest BCUT2D eigenvalue weighted by atomic mass is 79.9. The van der Waals surface area contributed by atoms with Gasteiger partial charge in [0.15, 0.2) is 0 Å². The minimum atomic E-state index is -0.703. The number of hydrogen-bond donors (Lipinski definition) is 1. The zero-order chi connectivity index (χ0) is 19.3. The number of rotatable bonds is 5. The highest BCUT2D eigenvalue weighted by Crippen LogP contribution is 2.41. The molecular weight excluding hydrogens is 400 g/mol. The van der Waals surface area contributed by atoms with E-state index in [0.29, 0.717) is 21.5 Å². The molecule has 1 aromatic carbocycles. The molecule has 6 nitrogen and oxygen atoms in total. The van der Waals surface area contributed by atoms with E-state index in [9.17, 15) is 10.1 Å². The Kier molecular flexibility index (Phi) is 6.32. The van der Waals surface area contributed by atoms with Gasteiger partial charge in [-0.1, -0.05) is 12.0 Å². The molecule has 0 amide bonds. The summed E-state index contributed by atoms with van der Waals surface area (Å²) in [4.78, 5) is 12.5. The van der Waals surface area contributed by atoms with Crippen molar-refractivity contribution in [3.05, 3.63) is 51.0 Å². The Bertz CT molecular complexity index is 875. The van der Waals surface area contributed by atoms with Crippen LogP contribution in [0.1, 0.15) is 25.3 Å². The molecule has 0 aromatic heterocycles. The molecule has 1 unspecified atom stereocenters. The van der Waals surface area contributed by atoms with Crippen LogP contribution in [0.4, 0.5) is 0 Å². The first kappa shape index (κ1) is 19.4. The number of carbonyl (C=O) groups excluding carboxylic acids is 1. The van der Waals surface area contributed by atoms with Crippen molar-refractivity contribution in [2.75, 3.05) is 13.2 Å². The number of allylic oxidation sites excluding steroid dienone is 2. The van der Waals surface area contributed by atoms with E-state index >= 15 is 0 Å². The lowest BCUT2D eigenvalue weighted by atomic mass is 9.83. The van der Waals surface area contributed by atoms with Crippen LogP contribution in [0.3, 0.4) is 0 Å². The molecule has 7 heteroatoms. The summed E-state index contributed by atoms with van der Waals surface area (Å²) in [7, 11) is 0. The molecule has 1 heterocycles. The summed E-state index contributed by atoms with van der Waals surface area (Å²) < 4.78 is 16.6. The zero-order valence-electron chi connectivity index (χ0n) is 14.3. The van der Waals surface area contributed by atoms with E-state index in [4.69, 9.17) is 26.4 Å². The first-order chi connectivity index (χ1) is 12.4. The summed E-state index contributed by atoms with van der Waals surface area (Å²) in [6, 6.07) is 7.23. The molecule has 2 rings (SSSR count). The highest BCUT2D eigenvalue weighted by molar-refractivity contribution is 9.10. The predicted molar refractivity (Wildman–Crippen MR) is 98.5 cm³/mol. The van der Waals surface area contributed by atoms with Crippen molar-refractivity contribution in [3.63, 3.8) is 0 Å². The number of terminal acetylenes is 1. The number of nitrogens with zero attached hydrogens (tertiary/aromatic N) is 1. The van der Waals surface area contributed by atoms with Crippen LogP contribution < -0.4 is 10.5 Å². The lowest BCUT2D eigenvalue weighted by Crippen LogP contribution is -2.25. The third-order valence-electron chi connectivity index (χ3n) is 3.70. The largest absolute Gasteiger partial charge is 0.480 e. The Labute approximate surface area is 160 Å². The average Bonchev–Trinajstić information content (AvgIpc) is 2.60. The Morgan fingerprint density at radius 2 is 2.23 bits per heavy atom. The number of esters is 1. The fraction of sp³-hybridized carbons (Fsp3) is 0.263. The zero-order valence-corrected chi connectivity index (χ0v) is 15.9. The minimum Gasteiger partial charge on any atom is -0.480 e. The van der Waals surface area contributed by atoms with Crippen LogP contribution in [0.2, 0.25) is 0 Å². The van der Waals surface area contributed by atoms with Crippen molar-refractivity contribution in [2.45, 2.75) is 19.8 Å². The van der Waals surface area contributed by atoms with Gasteiger partial charge in [0.05, 0.1) is 22.6 Å². The number of benzene rings is 1. The number of nitrogens with two attached hydrogens (primary N) is 1. The Morgan fingerprint density at radius 3 is 2.81 bits per heavy atom. The topological polar surface area (TPSA) is 94.6 Å². The van der Waals surface area contributed by atoms with Gasteiger partial charge in [0.2, 0.25) is 5.88 Å². The summed E-state index contributed by atoms with van der Waals surface area (Å²) in [5.41, 5.74) is 6.91. The molecule has 0 aliphatic carbocycles. The monoisotopic (exact) mass is 416 g/mol. The Hall–Kier alpha value is -2.90. The van der Waals surface area contributed by atoms with Crippen LogP contribution in [-0.2, 0) is 14.3 Å². The number of hydrogen-bond acceptors (Lipinski definition) is 6. The average molecular weight is 417 g/mol. The summed E-state index contributed by atoms with van der Waals surface area (Å²) >= 11 is 3.42. The molecule has 2 N–H and O–H groups in total. The number of nitriles is 1. The third kappa shape index (κ3) is 3.84. The Balaban J connectivity index is 2.55. The second-order valence-electron chi connectivity index (χ2n) is 5.30. The fourth-order valence-electron chi connectivity index (χ4n) is 2.62. The van der Waals surface area contributed by atoms with Crippen molar-refractivity contribution in [1.29, 1.82) is 5.26 Å². The van der Waals surface area contributed by atoms with Crippen molar-refractivity contribution in [1.82, 2.24) is 0 Å². The van der Waals surface area contributed by atoms with E-state index in [1.165, 1.54) is 0 Å². The molecule has 0 radical (unpaired) electrons. The van der Waals surface area contributed by atoms with Crippen LogP contribution in [0.15, 0.2) is 45.5 Å². The van der Waals surface area contributed by atoms with Crippen molar-refractivity contribution < 1.29 is 19.0 Å². The second-order valence-corrected chi connectivity index (χ2v) is 6.15. The van der Waals surface area contributed by atoms with E-state index in [2.05, 4.69) is 21.9 Å². The summed E-state index contributed by atoms with van der Waals surface area (Å²) in [5, 5.41) is 9.55. The number of carbonyl (C=O) groups is 1. The highest BCUT2D eigenvalue weighted by Gasteiger charge is 2.36. The van der Waals surface area contributed by atoms with Gasteiger partial charge in [-0.3, -0.25) is 0 Å². The Morgan fingerprint density at radius 1 is 1.50 bits per heavy atom. The van der Waals surface area contributed by atoms with Gasteiger partial charge in [0.1, 0.15) is 29.8 Å². The van der Waals surface area contributed by atoms with Crippen LogP contribution >= 0.6 is 15.9 Å². The van der Waals surface area contributed by atoms with Gasteiger partial charge in [-0.15, -0.1) is 6.42 Å². The van der Waals surface area contributed by atoms with Crippen molar-refractivity contribution in [3.8, 4) is 24.2 Å². The van der Waals surface area contributed by atoms with Crippen molar-refractivity contribution in [2.24, 2.45) is 5.73 Å². The quantitative estimate of drug-likeness (QED) is 0.585. The summed E-state index contributed by atoms with van der Waals surface area (Å²) in [5.74, 6) is 1.94. The van der Waals surface area contributed by atoms with Gasteiger partial charge in [-0.05, 0) is 47.5 Å². The minimum absolute atomic E-state index is 0.0353. The maximum atomic E-state index is 12.5. The molecule has 0 bridgehead atoms. The van der Waals surface area contributed by atoms with Crippen LogP contribution in [0, 0.1) is 23.7 Å². The van der Waals surface area contributed by atoms with E-state index in [0.717, 1.165) is 0 Å². The van der Waals surface area contributed by atoms with E-state index in [-0.39, 0.29) is 30.2 Å². The standard InChI is InChI=1S/C19H17BrN2O4/c1-4-8-25-15-7-6-12(9-14(15)20)17-13(10-21)18(22)26-11(3)16(17)19(23)24-5-2/h1,6-7,9,17H,5,8,22H2,2-3H3. The van der Waals surface area contributed by atoms with Gasteiger partial charge in [0.25, 0.3) is 0 Å². The third-order valence-corrected chi connectivity index (χ3v) is 4.32. The lowest BCUT2D eigenvalue weighted by Gasteiger charge is -2.27. The summed E-state index contributed by atoms with van der Waals surface area (Å²) in [6.07, 6.45) is 5.20. The second kappa shape index (κ2) is 8.46. The van der Waals surface area contributed by atoms with Gasteiger partial charge >= 0.3 is 5.97 Å². The van der Waals surface area contributed by atoms with E-state index in [1.54, 1.807) is 32.0 Å². The molecular formula is C19H17BrN2O4. The van der Waals surface area contributed by atoms with Gasteiger partial charge in [-0.2, -0.15) is 5.26 Å². The van der Waals surface area contributed by atoms with E-state index in [1.807, 2.05) is 6.07 Å². The van der Waals surface area contributed by atoms with Crippen LogP contribution in [0.5, 0.6) is 5.75 Å². The lowest BCUT2D eigenvalue weighted by molar-refractivity contribution is -0.139. The molecule has 0 fully saturated rings. The molecule has 1 aliphatic rings. The molecule has 0 saturated carbocycles. The smallest absolute Gasteiger partial charge is 0.338 e. The number of halogens is 1. The maximum Gasteiger partial charge on any atom is 0.338 e. The SMILES string of the molecule is C#CCOc1ccc(C2C(C#N)=C(N)OC(C)=C2C(=O)OCC)cc1Br. The first-order valence-corrected chi connectivity index (χ1v) is 8.55. The fourth-order valence-corrected chi connectivity index (χ4v) is 3.13. The maximum absolute atomic E-state index is 12.5. The first-order valence-electron chi connectivity index (χ1n) is 7.75. The van der Waals surface area contributed by atoms with Crippen LogP contribution in [0.25, 0.3) is 0 Å². The van der Waals surface area contributed by atoms with Gasteiger partial charge < -0.3 is 19.9 Å². The number of ether oxygens (including phenoxy) is 3. The molecule has 1 aromatic rings. The van der Waals surface area contributed by atoms with Gasteiger partial charge in [0, 0.05) is 0 Å². The van der Waals surface area contributed by atoms with Gasteiger partial charge in [-0.25, -0.2) is 4.79 Å². The molecule has 0 spiro atoms. The normalized spacial score (nSPS) is 16.4. The molecule has 1 atom stereocenters.